The molecule has 7 nitrogen and oxygen atoms in total. The van der Waals surface area contributed by atoms with Crippen LogP contribution in [0.15, 0.2) is 18.2 Å². The Morgan fingerprint density at radius 1 is 1.42 bits per heavy atom. The van der Waals surface area contributed by atoms with E-state index >= 15 is 0 Å². The molecule has 19 heavy (non-hydrogen) atoms. The molecule has 0 saturated heterocycles. The predicted molar refractivity (Wildman–Crippen MR) is 74.1 cm³/mol. The van der Waals surface area contributed by atoms with Gasteiger partial charge in [0.1, 0.15) is 10.7 Å². The average Bonchev–Trinajstić information content (AvgIpc) is 2.28. The summed E-state index contributed by atoms with van der Waals surface area (Å²) in [5.74, 6) is -0.176. The number of rotatable bonds is 7. The van der Waals surface area contributed by atoms with Gasteiger partial charge in [-0.2, -0.15) is 0 Å². The second-order valence-electron chi connectivity index (χ2n) is 3.64. The van der Waals surface area contributed by atoms with Gasteiger partial charge < -0.3 is 5.32 Å². The van der Waals surface area contributed by atoms with Gasteiger partial charge in [0.15, 0.2) is 0 Å². The molecule has 106 valence electrons. The van der Waals surface area contributed by atoms with E-state index in [1.807, 2.05) is 0 Å². The molecule has 0 amide bonds. The summed E-state index contributed by atoms with van der Waals surface area (Å²) in [6.45, 7) is 2.03. The van der Waals surface area contributed by atoms with E-state index in [1.54, 1.807) is 13.0 Å². The summed E-state index contributed by atoms with van der Waals surface area (Å²) >= 11 is 5.73. The smallest absolute Gasteiger partial charge is 0.310 e. The number of para-hydroxylation sites is 1. The molecule has 0 radical (unpaired) electrons. The summed E-state index contributed by atoms with van der Waals surface area (Å²) < 4.78 is 25.1. The van der Waals surface area contributed by atoms with E-state index in [9.17, 15) is 18.5 Å². The molecule has 0 aliphatic heterocycles. The van der Waals surface area contributed by atoms with Crippen molar-refractivity contribution < 1.29 is 13.3 Å². The number of hydrogen-bond donors (Lipinski definition) is 2. The molecule has 0 aromatic heterocycles. The number of sulfonamides is 1. The van der Waals surface area contributed by atoms with Crippen LogP contribution in [-0.2, 0) is 10.0 Å². The Bertz CT molecular complexity index is 562. The van der Waals surface area contributed by atoms with Crippen molar-refractivity contribution in [2.75, 3.05) is 24.2 Å². The fraction of sp³-hybridized carbons (Fsp3) is 0.400. The maximum absolute atomic E-state index is 11.4. The molecular weight excluding hydrogens is 294 g/mol. The SMILES string of the molecule is CCNS(=O)(=O)CCNc1cccc(Cl)c1[N+](=O)[O-]. The lowest BCUT2D eigenvalue weighted by molar-refractivity contribution is -0.383. The van der Waals surface area contributed by atoms with Gasteiger partial charge in [-0.3, -0.25) is 10.1 Å². The number of benzene rings is 1. The third-order valence-corrected chi connectivity index (χ3v) is 3.99. The fourth-order valence-electron chi connectivity index (χ4n) is 1.46. The molecule has 0 atom stereocenters. The summed E-state index contributed by atoms with van der Waals surface area (Å²) in [5, 5.41) is 13.6. The Morgan fingerprint density at radius 2 is 2.11 bits per heavy atom. The quantitative estimate of drug-likeness (QED) is 0.588. The van der Waals surface area contributed by atoms with Gasteiger partial charge in [0, 0.05) is 13.1 Å². The first-order valence-electron chi connectivity index (χ1n) is 5.51. The van der Waals surface area contributed by atoms with E-state index in [0.29, 0.717) is 6.54 Å². The lowest BCUT2D eigenvalue weighted by Gasteiger charge is -2.08. The molecule has 0 aliphatic carbocycles. The molecule has 0 heterocycles. The molecule has 0 aliphatic rings. The van der Waals surface area contributed by atoms with E-state index in [-0.39, 0.29) is 28.7 Å². The topological polar surface area (TPSA) is 101 Å². The molecule has 0 unspecified atom stereocenters. The molecule has 1 rings (SSSR count). The minimum Gasteiger partial charge on any atom is -0.378 e. The molecule has 9 heteroatoms. The first-order valence-corrected chi connectivity index (χ1v) is 7.54. The molecule has 0 bridgehead atoms. The van der Waals surface area contributed by atoms with Crippen LogP contribution in [0.3, 0.4) is 0 Å². The second-order valence-corrected chi connectivity index (χ2v) is 5.97. The zero-order valence-corrected chi connectivity index (χ0v) is 11.8. The molecule has 0 fully saturated rings. The van der Waals surface area contributed by atoms with Crippen molar-refractivity contribution in [2.24, 2.45) is 0 Å². The Kier molecular flexibility index (Phi) is 5.52. The number of nitrogens with zero attached hydrogens (tertiary/aromatic N) is 1. The minimum atomic E-state index is -3.36. The Morgan fingerprint density at radius 3 is 2.68 bits per heavy atom. The van der Waals surface area contributed by atoms with Gasteiger partial charge in [-0.15, -0.1) is 0 Å². The lowest BCUT2D eigenvalue weighted by atomic mass is 10.2. The molecule has 1 aromatic rings. The van der Waals surface area contributed by atoms with Gasteiger partial charge in [-0.05, 0) is 12.1 Å². The van der Waals surface area contributed by atoms with Crippen LogP contribution in [0.5, 0.6) is 0 Å². The summed E-state index contributed by atoms with van der Waals surface area (Å²) in [4.78, 5) is 10.2. The third-order valence-electron chi connectivity index (χ3n) is 2.22. The van der Waals surface area contributed by atoms with Crippen molar-refractivity contribution >= 4 is 33.0 Å². The van der Waals surface area contributed by atoms with Crippen molar-refractivity contribution in [3.05, 3.63) is 33.3 Å². The fourth-order valence-corrected chi connectivity index (χ4v) is 2.65. The van der Waals surface area contributed by atoms with E-state index in [1.165, 1.54) is 12.1 Å². The largest absolute Gasteiger partial charge is 0.378 e. The average molecular weight is 308 g/mol. The predicted octanol–water partition coefficient (Wildman–Crippen LogP) is 1.60. The Balaban J connectivity index is 2.74. The number of nitro groups is 1. The first kappa shape index (κ1) is 15.7. The number of hydrogen-bond acceptors (Lipinski definition) is 5. The van der Waals surface area contributed by atoms with Gasteiger partial charge in [0.05, 0.1) is 10.7 Å². The molecule has 2 N–H and O–H groups in total. The number of halogens is 1. The van der Waals surface area contributed by atoms with Gasteiger partial charge >= 0.3 is 5.69 Å². The molecule has 1 aromatic carbocycles. The van der Waals surface area contributed by atoms with Crippen molar-refractivity contribution in [1.82, 2.24) is 4.72 Å². The Hall–Kier alpha value is -1.38. The van der Waals surface area contributed by atoms with Crippen molar-refractivity contribution in [2.45, 2.75) is 6.92 Å². The second kappa shape index (κ2) is 6.69. The van der Waals surface area contributed by atoms with Crippen LogP contribution in [0.2, 0.25) is 5.02 Å². The zero-order chi connectivity index (χ0) is 14.5. The van der Waals surface area contributed by atoms with E-state index in [2.05, 4.69) is 10.0 Å². The van der Waals surface area contributed by atoms with Gasteiger partial charge in [-0.1, -0.05) is 24.6 Å². The highest BCUT2D eigenvalue weighted by Crippen LogP contribution is 2.31. The molecule has 0 saturated carbocycles. The highest BCUT2D eigenvalue weighted by molar-refractivity contribution is 7.89. The van der Waals surface area contributed by atoms with Crippen LogP contribution in [-0.4, -0.2) is 32.2 Å². The number of nitrogens with one attached hydrogen (secondary N) is 2. The number of nitro benzene ring substituents is 1. The summed E-state index contributed by atoms with van der Waals surface area (Å²) in [5.41, 5.74) is -0.0609. The van der Waals surface area contributed by atoms with Crippen molar-refractivity contribution in [3.8, 4) is 0 Å². The maximum Gasteiger partial charge on any atom is 0.310 e. The van der Waals surface area contributed by atoms with Gasteiger partial charge in [0.2, 0.25) is 10.0 Å². The monoisotopic (exact) mass is 307 g/mol. The maximum atomic E-state index is 11.4. The van der Waals surface area contributed by atoms with Crippen LogP contribution in [0.25, 0.3) is 0 Å². The van der Waals surface area contributed by atoms with E-state index < -0.39 is 14.9 Å². The highest BCUT2D eigenvalue weighted by atomic mass is 35.5. The lowest BCUT2D eigenvalue weighted by Crippen LogP contribution is -2.29. The van der Waals surface area contributed by atoms with E-state index in [0.717, 1.165) is 0 Å². The molecular formula is C10H14ClN3O4S. The zero-order valence-electron chi connectivity index (χ0n) is 10.2. The van der Waals surface area contributed by atoms with Crippen LogP contribution in [0.1, 0.15) is 6.92 Å². The van der Waals surface area contributed by atoms with Crippen LogP contribution < -0.4 is 10.0 Å². The number of anilines is 1. The minimum absolute atomic E-state index is 0.00420. The molecule has 0 spiro atoms. The van der Waals surface area contributed by atoms with E-state index in [4.69, 9.17) is 11.6 Å². The summed E-state index contributed by atoms with van der Waals surface area (Å²) in [6, 6.07) is 4.43. The summed E-state index contributed by atoms with van der Waals surface area (Å²) in [6.07, 6.45) is 0. The van der Waals surface area contributed by atoms with Crippen LogP contribution in [0.4, 0.5) is 11.4 Å². The highest BCUT2D eigenvalue weighted by Gasteiger charge is 2.18. The van der Waals surface area contributed by atoms with Crippen LogP contribution in [0, 0.1) is 10.1 Å². The third kappa shape index (κ3) is 4.66. The standard InChI is InChI=1S/C10H14ClN3O4S/c1-2-13-19(17,18)7-6-12-9-5-3-4-8(11)10(9)14(15)16/h3-5,12-13H,2,6-7H2,1H3. The first-order chi connectivity index (χ1) is 8.87. The summed E-state index contributed by atoms with van der Waals surface area (Å²) in [7, 11) is -3.36. The van der Waals surface area contributed by atoms with Crippen LogP contribution >= 0.6 is 11.6 Å². The normalized spacial score (nSPS) is 11.3. The Labute approximate surface area is 116 Å². The van der Waals surface area contributed by atoms with Crippen molar-refractivity contribution in [1.29, 1.82) is 0 Å². The van der Waals surface area contributed by atoms with Gasteiger partial charge in [0.25, 0.3) is 0 Å². The van der Waals surface area contributed by atoms with Gasteiger partial charge in [-0.25, -0.2) is 13.1 Å². The van der Waals surface area contributed by atoms with Crippen molar-refractivity contribution in [3.63, 3.8) is 0 Å².